The van der Waals surface area contributed by atoms with E-state index in [0.29, 0.717) is 12.6 Å². The standard InChI is InChI=1S/C26H29ClN2O/c27-25-12-6-4-11-23(25)20-30-26-13-7-5-10-22(26)18-28-24-14-16-29(17-15-24)19-21-8-2-1-3-9-21/h1-13,24,28H,14-20H2. The van der Waals surface area contributed by atoms with E-state index in [1.54, 1.807) is 0 Å². The Kier molecular flexibility index (Phi) is 7.41. The van der Waals surface area contributed by atoms with E-state index in [1.165, 1.54) is 24.0 Å². The third kappa shape index (κ3) is 5.85. The lowest BCUT2D eigenvalue weighted by Crippen LogP contribution is -2.41. The predicted molar refractivity (Wildman–Crippen MR) is 124 cm³/mol. The van der Waals surface area contributed by atoms with Gasteiger partial charge in [0.15, 0.2) is 0 Å². The molecule has 4 heteroatoms. The van der Waals surface area contributed by atoms with Crippen LogP contribution in [0, 0.1) is 0 Å². The molecule has 0 unspecified atom stereocenters. The van der Waals surface area contributed by atoms with Gasteiger partial charge in [-0.3, -0.25) is 4.90 Å². The van der Waals surface area contributed by atoms with Crippen LogP contribution >= 0.6 is 11.6 Å². The Morgan fingerprint density at radius 1 is 0.833 bits per heavy atom. The number of nitrogens with zero attached hydrogens (tertiary/aromatic N) is 1. The summed E-state index contributed by atoms with van der Waals surface area (Å²) in [5.41, 5.74) is 3.59. The molecule has 156 valence electrons. The van der Waals surface area contributed by atoms with E-state index in [1.807, 2.05) is 36.4 Å². The van der Waals surface area contributed by atoms with Crippen LogP contribution in [0.5, 0.6) is 5.75 Å². The maximum absolute atomic E-state index is 6.26. The van der Waals surface area contributed by atoms with Gasteiger partial charge in [-0.15, -0.1) is 0 Å². The fourth-order valence-corrected chi connectivity index (χ4v) is 4.14. The average Bonchev–Trinajstić information content (AvgIpc) is 2.79. The Morgan fingerprint density at radius 2 is 1.50 bits per heavy atom. The highest BCUT2D eigenvalue weighted by Gasteiger charge is 2.19. The number of hydrogen-bond acceptors (Lipinski definition) is 3. The Hall–Kier alpha value is -2.33. The molecular formula is C26H29ClN2O. The molecule has 3 nitrogen and oxygen atoms in total. The van der Waals surface area contributed by atoms with E-state index in [4.69, 9.17) is 16.3 Å². The Morgan fingerprint density at radius 3 is 2.27 bits per heavy atom. The third-order valence-electron chi connectivity index (χ3n) is 5.73. The van der Waals surface area contributed by atoms with Crippen molar-refractivity contribution in [2.75, 3.05) is 13.1 Å². The van der Waals surface area contributed by atoms with Crippen LogP contribution in [0.25, 0.3) is 0 Å². The summed E-state index contributed by atoms with van der Waals surface area (Å²) >= 11 is 6.26. The minimum absolute atomic E-state index is 0.481. The zero-order valence-corrected chi connectivity index (χ0v) is 18.0. The number of para-hydroxylation sites is 1. The monoisotopic (exact) mass is 420 g/mol. The number of benzene rings is 3. The Labute approximate surface area is 184 Å². The molecule has 0 bridgehead atoms. The van der Waals surface area contributed by atoms with Gasteiger partial charge in [-0.2, -0.15) is 0 Å². The van der Waals surface area contributed by atoms with Crippen molar-refractivity contribution in [1.82, 2.24) is 10.2 Å². The van der Waals surface area contributed by atoms with Gasteiger partial charge in [-0.1, -0.05) is 78.3 Å². The molecule has 3 aromatic rings. The third-order valence-corrected chi connectivity index (χ3v) is 6.10. The van der Waals surface area contributed by atoms with Crippen LogP contribution in [0.1, 0.15) is 29.5 Å². The fourth-order valence-electron chi connectivity index (χ4n) is 3.95. The van der Waals surface area contributed by atoms with Crippen LogP contribution < -0.4 is 10.1 Å². The fraction of sp³-hybridized carbons (Fsp3) is 0.308. The smallest absolute Gasteiger partial charge is 0.124 e. The lowest BCUT2D eigenvalue weighted by molar-refractivity contribution is 0.189. The normalized spacial score (nSPS) is 15.2. The number of piperidine rings is 1. The average molecular weight is 421 g/mol. The van der Waals surface area contributed by atoms with Crippen molar-refractivity contribution < 1.29 is 4.74 Å². The van der Waals surface area contributed by atoms with E-state index >= 15 is 0 Å². The van der Waals surface area contributed by atoms with Crippen molar-refractivity contribution in [2.24, 2.45) is 0 Å². The van der Waals surface area contributed by atoms with Crippen LogP contribution in [0.15, 0.2) is 78.9 Å². The number of rotatable bonds is 8. The van der Waals surface area contributed by atoms with E-state index in [0.717, 1.165) is 42.5 Å². The maximum Gasteiger partial charge on any atom is 0.124 e. The van der Waals surface area contributed by atoms with Crippen LogP contribution in [-0.2, 0) is 19.7 Å². The van der Waals surface area contributed by atoms with Crippen molar-refractivity contribution in [3.8, 4) is 5.75 Å². The van der Waals surface area contributed by atoms with Gasteiger partial charge >= 0.3 is 0 Å². The molecule has 0 aliphatic carbocycles. The molecule has 1 aliphatic heterocycles. The first-order valence-electron chi connectivity index (χ1n) is 10.7. The van der Waals surface area contributed by atoms with Gasteiger partial charge in [-0.25, -0.2) is 0 Å². The molecular weight excluding hydrogens is 392 g/mol. The Balaban J connectivity index is 1.26. The summed E-state index contributed by atoms with van der Waals surface area (Å²) in [4.78, 5) is 2.55. The summed E-state index contributed by atoms with van der Waals surface area (Å²) in [7, 11) is 0. The second kappa shape index (κ2) is 10.6. The molecule has 0 atom stereocenters. The summed E-state index contributed by atoms with van der Waals surface area (Å²) in [6.45, 7) is 4.62. The number of ether oxygens (including phenoxy) is 1. The summed E-state index contributed by atoms with van der Waals surface area (Å²) in [5.74, 6) is 0.923. The summed E-state index contributed by atoms with van der Waals surface area (Å²) in [6.07, 6.45) is 2.35. The molecule has 4 rings (SSSR count). The molecule has 0 amide bonds. The number of nitrogens with one attached hydrogen (secondary N) is 1. The van der Waals surface area contributed by atoms with Crippen molar-refractivity contribution in [3.63, 3.8) is 0 Å². The largest absolute Gasteiger partial charge is 0.489 e. The zero-order chi connectivity index (χ0) is 20.6. The van der Waals surface area contributed by atoms with E-state index in [9.17, 15) is 0 Å². The van der Waals surface area contributed by atoms with Gasteiger partial charge in [0, 0.05) is 35.3 Å². The summed E-state index contributed by atoms with van der Waals surface area (Å²) < 4.78 is 6.09. The van der Waals surface area contributed by atoms with Gasteiger partial charge in [0.1, 0.15) is 12.4 Å². The van der Waals surface area contributed by atoms with E-state index in [-0.39, 0.29) is 0 Å². The maximum atomic E-state index is 6.26. The van der Waals surface area contributed by atoms with Gasteiger partial charge in [-0.05, 0) is 43.6 Å². The molecule has 1 heterocycles. The van der Waals surface area contributed by atoms with Crippen LogP contribution in [0.2, 0.25) is 5.02 Å². The van der Waals surface area contributed by atoms with Crippen molar-refractivity contribution in [3.05, 3.63) is 101 Å². The first kappa shape index (κ1) is 20.9. The molecule has 3 aromatic carbocycles. The van der Waals surface area contributed by atoms with Gasteiger partial charge < -0.3 is 10.1 Å². The molecule has 0 radical (unpaired) electrons. The molecule has 0 aromatic heterocycles. The molecule has 30 heavy (non-hydrogen) atoms. The minimum Gasteiger partial charge on any atom is -0.489 e. The first-order chi connectivity index (χ1) is 14.8. The van der Waals surface area contributed by atoms with Gasteiger partial charge in [0.2, 0.25) is 0 Å². The quantitative estimate of drug-likeness (QED) is 0.507. The van der Waals surface area contributed by atoms with Crippen LogP contribution in [-0.4, -0.2) is 24.0 Å². The zero-order valence-electron chi connectivity index (χ0n) is 17.3. The lowest BCUT2D eigenvalue weighted by Gasteiger charge is -2.32. The van der Waals surface area contributed by atoms with Gasteiger partial charge in [0.05, 0.1) is 0 Å². The van der Waals surface area contributed by atoms with Crippen molar-refractivity contribution >= 4 is 11.6 Å². The van der Waals surface area contributed by atoms with E-state index in [2.05, 4.69) is 52.7 Å². The van der Waals surface area contributed by atoms with Crippen LogP contribution in [0.4, 0.5) is 0 Å². The predicted octanol–water partition coefficient (Wildman–Crippen LogP) is 5.67. The molecule has 0 saturated carbocycles. The second-order valence-electron chi connectivity index (χ2n) is 7.90. The number of likely N-dealkylation sites (tertiary alicyclic amines) is 1. The lowest BCUT2D eigenvalue weighted by atomic mass is 10.0. The number of hydrogen-bond donors (Lipinski definition) is 1. The highest BCUT2D eigenvalue weighted by atomic mass is 35.5. The molecule has 0 spiro atoms. The molecule has 1 fully saturated rings. The molecule has 1 saturated heterocycles. The minimum atomic E-state index is 0.481. The summed E-state index contributed by atoms with van der Waals surface area (Å²) in [5, 5.41) is 4.49. The van der Waals surface area contributed by atoms with Gasteiger partial charge in [0.25, 0.3) is 0 Å². The highest BCUT2D eigenvalue weighted by Crippen LogP contribution is 2.23. The topological polar surface area (TPSA) is 24.5 Å². The highest BCUT2D eigenvalue weighted by molar-refractivity contribution is 6.31. The second-order valence-corrected chi connectivity index (χ2v) is 8.31. The molecule has 1 aliphatic rings. The van der Waals surface area contributed by atoms with Crippen molar-refractivity contribution in [1.29, 1.82) is 0 Å². The first-order valence-corrected chi connectivity index (χ1v) is 11.1. The summed E-state index contributed by atoms with van der Waals surface area (Å²) in [6, 6.07) is 27.4. The van der Waals surface area contributed by atoms with Crippen LogP contribution in [0.3, 0.4) is 0 Å². The number of halogens is 1. The van der Waals surface area contributed by atoms with E-state index < -0.39 is 0 Å². The molecule has 1 N–H and O–H groups in total. The Bertz CT molecular complexity index is 923. The SMILES string of the molecule is Clc1ccccc1COc1ccccc1CNC1CCN(Cc2ccccc2)CC1. The van der Waals surface area contributed by atoms with Crippen molar-refractivity contribution in [2.45, 2.75) is 38.6 Å².